The number of aliphatic hydroxyl groups excluding tert-OH is 2. The number of nitrogens with two attached hydrogens (primary N) is 1. The molecule has 5 atom stereocenters. The highest BCUT2D eigenvalue weighted by molar-refractivity contribution is 7.87. The highest BCUT2D eigenvalue weighted by atomic mass is 32.2. The summed E-state index contributed by atoms with van der Waals surface area (Å²) in [7, 11) is -3.92. The largest absolute Gasteiger partial charge is 0.387 e. The number of nitrogens with one attached hydrogen (secondary N) is 1. The molecular formula is C7H15FN2O5S. The smallest absolute Gasteiger partial charge is 0.274 e. The Kier molecular flexibility index (Phi) is 4.21. The summed E-state index contributed by atoms with van der Waals surface area (Å²) in [6.07, 6.45) is -6.81. The summed E-state index contributed by atoms with van der Waals surface area (Å²) in [5.74, 6) is 0. The number of aliphatic hydroxyl groups is 2. The van der Waals surface area contributed by atoms with E-state index >= 15 is 0 Å². The lowest BCUT2D eigenvalue weighted by Crippen LogP contribution is -2.58. The highest BCUT2D eigenvalue weighted by Gasteiger charge is 2.43. The molecule has 0 saturated carbocycles. The minimum Gasteiger partial charge on any atom is -0.387 e. The van der Waals surface area contributed by atoms with Crippen LogP contribution in [0, 0.1) is 0 Å². The van der Waals surface area contributed by atoms with Gasteiger partial charge in [-0.3, -0.25) is 0 Å². The lowest BCUT2D eigenvalue weighted by molar-refractivity contribution is -0.195. The standard InChI is InChI=1S/C7H15FN2O5S/c1-3-6(11)5(8)7(12)4(15-3)2-10-16(9,13)14/h3-7,10-12H,2H2,1H3,(H2,9,13,14)/t3?,4?,5?,6-,7-/m1/s1. The van der Waals surface area contributed by atoms with Crippen molar-refractivity contribution in [2.75, 3.05) is 6.54 Å². The maximum absolute atomic E-state index is 13.3. The van der Waals surface area contributed by atoms with Crippen LogP contribution in [0.3, 0.4) is 0 Å². The van der Waals surface area contributed by atoms with Gasteiger partial charge in [0.2, 0.25) is 0 Å². The first-order valence-electron chi connectivity index (χ1n) is 4.65. The normalized spacial score (nSPS) is 40.9. The molecule has 0 bridgehead atoms. The van der Waals surface area contributed by atoms with Crippen LogP contribution in [0.2, 0.25) is 0 Å². The van der Waals surface area contributed by atoms with Gasteiger partial charge in [-0.15, -0.1) is 0 Å². The molecular weight excluding hydrogens is 243 g/mol. The maximum atomic E-state index is 13.3. The Morgan fingerprint density at radius 2 is 2.00 bits per heavy atom. The lowest BCUT2D eigenvalue weighted by Gasteiger charge is -2.38. The molecule has 1 saturated heterocycles. The summed E-state index contributed by atoms with van der Waals surface area (Å²) < 4.78 is 41.4. The van der Waals surface area contributed by atoms with E-state index in [1.165, 1.54) is 6.92 Å². The van der Waals surface area contributed by atoms with Crippen molar-refractivity contribution >= 4 is 10.2 Å². The van der Waals surface area contributed by atoms with Crippen LogP contribution in [0.1, 0.15) is 6.92 Å². The van der Waals surface area contributed by atoms with Gasteiger partial charge in [0, 0.05) is 6.54 Å². The van der Waals surface area contributed by atoms with E-state index in [-0.39, 0.29) is 6.54 Å². The van der Waals surface area contributed by atoms with E-state index in [9.17, 15) is 23.0 Å². The van der Waals surface area contributed by atoms with Gasteiger partial charge < -0.3 is 14.9 Å². The van der Waals surface area contributed by atoms with Crippen molar-refractivity contribution in [2.24, 2.45) is 5.14 Å². The topological polar surface area (TPSA) is 122 Å². The van der Waals surface area contributed by atoms with Crippen LogP contribution in [0.25, 0.3) is 0 Å². The van der Waals surface area contributed by atoms with Gasteiger partial charge in [0.05, 0.1) is 6.10 Å². The van der Waals surface area contributed by atoms with E-state index < -0.39 is 40.8 Å². The highest BCUT2D eigenvalue weighted by Crippen LogP contribution is 2.22. The molecule has 0 aromatic carbocycles. The lowest BCUT2D eigenvalue weighted by atomic mass is 9.97. The summed E-state index contributed by atoms with van der Waals surface area (Å²) in [6, 6.07) is 0. The minimum atomic E-state index is -3.92. The maximum Gasteiger partial charge on any atom is 0.274 e. The second-order valence-corrected chi connectivity index (χ2v) is 5.08. The van der Waals surface area contributed by atoms with Gasteiger partial charge in [0.1, 0.15) is 18.3 Å². The van der Waals surface area contributed by atoms with E-state index in [0.29, 0.717) is 0 Å². The Balaban J connectivity index is 2.61. The molecule has 0 aromatic heterocycles. The Bertz CT molecular complexity index is 338. The van der Waals surface area contributed by atoms with Gasteiger partial charge in [0.25, 0.3) is 10.2 Å². The first-order chi connectivity index (χ1) is 7.22. The molecule has 1 aliphatic rings. The fraction of sp³-hybridized carbons (Fsp3) is 1.00. The molecule has 1 fully saturated rings. The Morgan fingerprint density at radius 3 is 2.50 bits per heavy atom. The molecule has 1 heterocycles. The van der Waals surface area contributed by atoms with Crippen LogP contribution in [-0.2, 0) is 14.9 Å². The number of alkyl halides is 1. The van der Waals surface area contributed by atoms with Crippen molar-refractivity contribution in [2.45, 2.75) is 37.5 Å². The molecule has 0 aliphatic carbocycles. The molecule has 5 N–H and O–H groups in total. The van der Waals surface area contributed by atoms with Gasteiger partial charge in [-0.05, 0) is 6.92 Å². The predicted molar refractivity (Wildman–Crippen MR) is 52.4 cm³/mol. The Hall–Kier alpha value is -0.320. The fourth-order valence-corrected chi connectivity index (χ4v) is 1.87. The van der Waals surface area contributed by atoms with E-state index in [0.717, 1.165) is 0 Å². The van der Waals surface area contributed by atoms with Gasteiger partial charge in [-0.1, -0.05) is 0 Å². The van der Waals surface area contributed by atoms with E-state index in [4.69, 9.17) is 4.74 Å². The third-order valence-corrected chi connectivity index (χ3v) is 2.96. The van der Waals surface area contributed by atoms with Gasteiger partial charge in [-0.25, -0.2) is 9.53 Å². The number of hydrogen-bond donors (Lipinski definition) is 4. The van der Waals surface area contributed by atoms with Crippen LogP contribution in [0.4, 0.5) is 4.39 Å². The minimum absolute atomic E-state index is 0.350. The van der Waals surface area contributed by atoms with Gasteiger partial charge in [-0.2, -0.15) is 13.1 Å². The fourth-order valence-electron chi connectivity index (χ4n) is 1.47. The van der Waals surface area contributed by atoms with Crippen molar-refractivity contribution in [3.8, 4) is 0 Å². The number of rotatable bonds is 3. The second-order valence-electron chi connectivity index (χ2n) is 3.70. The van der Waals surface area contributed by atoms with Crippen LogP contribution in [-0.4, -0.2) is 55.8 Å². The van der Waals surface area contributed by atoms with Crippen molar-refractivity contribution in [1.82, 2.24) is 4.72 Å². The van der Waals surface area contributed by atoms with Crippen molar-refractivity contribution in [1.29, 1.82) is 0 Å². The first-order valence-corrected chi connectivity index (χ1v) is 6.20. The van der Waals surface area contributed by atoms with Gasteiger partial charge in [0.15, 0.2) is 6.17 Å². The summed E-state index contributed by atoms with van der Waals surface area (Å²) in [5.41, 5.74) is 0. The molecule has 1 rings (SSSR count). The zero-order valence-corrected chi connectivity index (χ0v) is 9.39. The predicted octanol–water partition coefficient (Wildman–Crippen LogP) is -2.37. The number of hydrogen-bond acceptors (Lipinski definition) is 5. The number of halogens is 1. The van der Waals surface area contributed by atoms with Crippen molar-refractivity contribution in [3.63, 3.8) is 0 Å². The van der Waals surface area contributed by atoms with Crippen LogP contribution in [0.5, 0.6) is 0 Å². The average Bonchev–Trinajstić information content (AvgIpc) is 2.17. The van der Waals surface area contributed by atoms with Crippen LogP contribution >= 0.6 is 0 Å². The van der Waals surface area contributed by atoms with Crippen molar-refractivity contribution < 1.29 is 27.8 Å². The van der Waals surface area contributed by atoms with E-state index in [1.54, 1.807) is 0 Å². The van der Waals surface area contributed by atoms with Crippen molar-refractivity contribution in [3.05, 3.63) is 0 Å². The average molecular weight is 258 g/mol. The van der Waals surface area contributed by atoms with E-state index in [2.05, 4.69) is 5.14 Å². The van der Waals surface area contributed by atoms with E-state index in [1.807, 2.05) is 4.72 Å². The molecule has 3 unspecified atom stereocenters. The molecule has 0 spiro atoms. The van der Waals surface area contributed by atoms with Gasteiger partial charge >= 0.3 is 0 Å². The number of ether oxygens (including phenoxy) is 1. The molecule has 96 valence electrons. The van der Waals surface area contributed by atoms with Crippen LogP contribution in [0.15, 0.2) is 0 Å². The Labute approximate surface area is 92.6 Å². The summed E-state index contributed by atoms with van der Waals surface area (Å²) in [4.78, 5) is 0. The molecule has 7 nitrogen and oxygen atoms in total. The molecule has 9 heteroatoms. The second kappa shape index (κ2) is 4.90. The first kappa shape index (κ1) is 13.7. The molecule has 1 aliphatic heterocycles. The third-order valence-electron chi connectivity index (χ3n) is 2.39. The monoisotopic (exact) mass is 258 g/mol. The molecule has 16 heavy (non-hydrogen) atoms. The quantitative estimate of drug-likeness (QED) is 0.450. The zero-order chi connectivity index (χ0) is 12.5. The molecule has 0 amide bonds. The SMILES string of the molecule is CC1OC(CNS(N)(=O)=O)[C@@H](O)C(F)[C@@H]1O. The Morgan fingerprint density at radius 1 is 1.44 bits per heavy atom. The summed E-state index contributed by atoms with van der Waals surface area (Å²) in [6.45, 7) is 1.07. The summed E-state index contributed by atoms with van der Waals surface area (Å²) >= 11 is 0. The summed E-state index contributed by atoms with van der Waals surface area (Å²) in [5, 5.41) is 23.3. The molecule has 0 aromatic rings. The third kappa shape index (κ3) is 3.34. The molecule has 0 radical (unpaired) electrons. The van der Waals surface area contributed by atoms with Crippen LogP contribution < -0.4 is 9.86 Å². The zero-order valence-electron chi connectivity index (χ0n) is 8.58.